The van der Waals surface area contributed by atoms with Gasteiger partial charge in [-0.3, -0.25) is 9.11 Å². The number of anilines is 1. The van der Waals surface area contributed by atoms with Gasteiger partial charge in [0, 0.05) is 30.1 Å². The average molecular weight is 674 g/mol. The Bertz CT molecular complexity index is 1970. The van der Waals surface area contributed by atoms with Crippen LogP contribution >= 0.6 is 11.6 Å². The van der Waals surface area contributed by atoms with E-state index in [1.54, 1.807) is 18.2 Å². The summed E-state index contributed by atoms with van der Waals surface area (Å²) in [7, 11) is -8.20. The van der Waals surface area contributed by atoms with Crippen LogP contribution in [-0.2, 0) is 26.8 Å². The van der Waals surface area contributed by atoms with Crippen LogP contribution in [0, 0.1) is 0 Å². The number of aryl methyl sites for hydroxylation is 1. The van der Waals surface area contributed by atoms with Crippen molar-refractivity contribution in [1.29, 1.82) is 0 Å². The Hall–Kier alpha value is -3.68. The van der Waals surface area contributed by atoms with Crippen molar-refractivity contribution in [2.75, 3.05) is 23.0 Å². The van der Waals surface area contributed by atoms with Crippen LogP contribution in [0.3, 0.4) is 0 Å². The van der Waals surface area contributed by atoms with Gasteiger partial charge in [0.25, 0.3) is 25.8 Å². The summed E-state index contributed by atoms with van der Waals surface area (Å²) in [5.41, 5.74) is 4.99. The number of rotatable bonds is 13. The van der Waals surface area contributed by atoms with Crippen LogP contribution in [-0.4, -0.2) is 44.0 Å². The molecule has 1 aliphatic rings. The van der Waals surface area contributed by atoms with Crippen LogP contribution in [0.25, 0.3) is 28.3 Å². The highest BCUT2D eigenvalue weighted by atomic mass is 35.5. The molecule has 4 aromatic rings. The van der Waals surface area contributed by atoms with Gasteiger partial charge in [0.05, 0.1) is 23.3 Å². The molecule has 0 unspecified atom stereocenters. The number of aromatic nitrogens is 1. The molecule has 238 valence electrons. The third-order valence-electron chi connectivity index (χ3n) is 7.37. The molecule has 0 atom stereocenters. The zero-order chi connectivity index (χ0) is 32.2. The SMILES string of the molecule is CCC(/C=C1\Oc2ccc(Cl)cc2N1CCCCS(=O)(=O)O)=C\c1oc2ccc(-c3ccccc3)cc2[n+]1CCCS(=O)(=O)O. The monoisotopic (exact) mass is 673 g/mol. The molecule has 0 radical (unpaired) electrons. The number of fused-ring (bicyclic) bond motifs is 2. The number of nitrogens with zero attached hydrogens (tertiary/aromatic N) is 2. The minimum Gasteiger partial charge on any atom is -0.439 e. The van der Waals surface area contributed by atoms with E-state index in [9.17, 15) is 21.4 Å². The van der Waals surface area contributed by atoms with Crippen molar-refractivity contribution in [3.05, 3.63) is 95.2 Å². The molecule has 2 heterocycles. The molecule has 0 bridgehead atoms. The third kappa shape index (κ3) is 8.53. The average Bonchev–Trinajstić information content (AvgIpc) is 3.50. The van der Waals surface area contributed by atoms with E-state index in [1.807, 2.05) is 77.1 Å². The van der Waals surface area contributed by atoms with Gasteiger partial charge in [-0.1, -0.05) is 54.9 Å². The lowest BCUT2D eigenvalue weighted by Crippen LogP contribution is -2.36. The van der Waals surface area contributed by atoms with Crippen molar-refractivity contribution >= 4 is 54.7 Å². The third-order valence-corrected chi connectivity index (χ3v) is 9.22. The molecule has 3 aromatic carbocycles. The molecule has 45 heavy (non-hydrogen) atoms. The highest BCUT2D eigenvalue weighted by Gasteiger charge is 2.28. The Labute approximate surface area is 267 Å². The summed E-state index contributed by atoms with van der Waals surface area (Å²) in [6.07, 6.45) is 5.26. The van der Waals surface area contributed by atoms with Crippen LogP contribution < -0.4 is 14.2 Å². The van der Waals surface area contributed by atoms with E-state index < -0.39 is 20.2 Å². The zero-order valence-electron chi connectivity index (χ0n) is 24.6. The van der Waals surface area contributed by atoms with Crippen molar-refractivity contribution in [3.8, 4) is 16.9 Å². The maximum atomic E-state index is 11.5. The van der Waals surface area contributed by atoms with Gasteiger partial charge < -0.3 is 14.1 Å². The molecule has 0 saturated carbocycles. The van der Waals surface area contributed by atoms with Gasteiger partial charge in [0.15, 0.2) is 12.3 Å². The second-order valence-corrected chi connectivity index (χ2v) is 14.3. The number of ether oxygens (including phenoxy) is 1. The van der Waals surface area contributed by atoms with E-state index in [2.05, 4.69) is 0 Å². The fourth-order valence-electron chi connectivity index (χ4n) is 5.18. The molecule has 13 heteroatoms. The molecule has 1 aliphatic heterocycles. The minimum atomic E-state index is -4.14. The Kier molecular flexibility index (Phi) is 10.00. The Morgan fingerprint density at radius 3 is 2.36 bits per heavy atom. The van der Waals surface area contributed by atoms with E-state index in [-0.39, 0.29) is 30.9 Å². The lowest BCUT2D eigenvalue weighted by atomic mass is 10.1. The molecule has 0 amide bonds. The van der Waals surface area contributed by atoms with Crippen LogP contribution in [0.5, 0.6) is 5.75 Å². The first-order valence-corrected chi connectivity index (χ1v) is 18.1. The topological polar surface area (TPSA) is 138 Å². The van der Waals surface area contributed by atoms with Gasteiger partial charge in [-0.25, -0.2) is 0 Å². The summed E-state index contributed by atoms with van der Waals surface area (Å²) >= 11 is 6.28. The highest BCUT2D eigenvalue weighted by molar-refractivity contribution is 7.86. The Balaban J connectivity index is 1.51. The quantitative estimate of drug-likeness (QED) is 0.0923. The van der Waals surface area contributed by atoms with Crippen molar-refractivity contribution < 1.29 is 39.7 Å². The lowest BCUT2D eigenvalue weighted by molar-refractivity contribution is -0.677. The maximum absolute atomic E-state index is 11.5. The fraction of sp³-hybridized carbons (Fsp3) is 0.281. The molecule has 0 aliphatic carbocycles. The summed E-state index contributed by atoms with van der Waals surface area (Å²) < 4.78 is 78.3. The summed E-state index contributed by atoms with van der Waals surface area (Å²) in [4.78, 5) is 1.92. The first-order valence-electron chi connectivity index (χ1n) is 14.5. The van der Waals surface area contributed by atoms with Gasteiger partial charge in [-0.2, -0.15) is 21.4 Å². The number of hydrogen-bond donors (Lipinski definition) is 2. The molecule has 10 nitrogen and oxygen atoms in total. The number of allylic oxidation sites excluding steroid dienone is 2. The van der Waals surface area contributed by atoms with Crippen LogP contribution in [0.4, 0.5) is 5.69 Å². The highest BCUT2D eigenvalue weighted by Crippen LogP contribution is 2.41. The van der Waals surface area contributed by atoms with Gasteiger partial charge in [0.2, 0.25) is 11.5 Å². The van der Waals surface area contributed by atoms with E-state index in [1.165, 1.54) is 0 Å². The van der Waals surface area contributed by atoms with Gasteiger partial charge in [-0.15, -0.1) is 0 Å². The minimum absolute atomic E-state index is 0.174. The number of hydrogen-bond acceptors (Lipinski definition) is 7. The molecule has 5 rings (SSSR count). The second-order valence-electron chi connectivity index (χ2n) is 10.7. The fourth-order valence-corrected chi connectivity index (χ4v) is 6.41. The standard InChI is InChI=1S/C32H33ClN2O8S2/c1-2-23(19-31-34(15-6-7-17-44(36,37)38)28-22-26(33)12-14-30(28)43-31)20-32-35(16-8-18-45(39,40)41)27-21-25(11-13-29(27)42-32)24-9-4-3-5-10-24/h3-5,9-14,19-22H,2,6-8,15-18H2,1H3,(H-,36,37,38,39,40,41)/p+1. The predicted molar refractivity (Wildman–Crippen MR) is 174 cm³/mol. The van der Waals surface area contributed by atoms with Crippen LogP contribution in [0.1, 0.15) is 38.5 Å². The molecule has 0 fully saturated rings. The molecular weight excluding hydrogens is 640 g/mol. The van der Waals surface area contributed by atoms with Crippen molar-refractivity contribution in [2.45, 2.75) is 39.2 Å². The number of benzene rings is 3. The van der Waals surface area contributed by atoms with E-state index in [0.29, 0.717) is 47.5 Å². The zero-order valence-corrected chi connectivity index (χ0v) is 27.0. The first kappa shape index (κ1) is 32.7. The van der Waals surface area contributed by atoms with Gasteiger partial charge in [0.1, 0.15) is 0 Å². The van der Waals surface area contributed by atoms with Gasteiger partial charge in [-0.05, 0) is 60.2 Å². The number of oxazole rings is 1. The Morgan fingerprint density at radius 2 is 1.64 bits per heavy atom. The number of halogens is 1. The molecule has 2 N–H and O–H groups in total. The van der Waals surface area contributed by atoms with E-state index >= 15 is 0 Å². The summed E-state index contributed by atoms with van der Waals surface area (Å²) in [5.74, 6) is 0.900. The smallest absolute Gasteiger partial charge is 0.374 e. The predicted octanol–water partition coefficient (Wildman–Crippen LogP) is 6.52. The van der Waals surface area contributed by atoms with E-state index in [4.69, 9.17) is 25.3 Å². The van der Waals surface area contributed by atoms with Crippen LogP contribution in [0.15, 0.2) is 88.7 Å². The first-order chi connectivity index (χ1) is 21.4. The summed E-state index contributed by atoms with van der Waals surface area (Å²) in [6.45, 7) is 2.69. The maximum Gasteiger partial charge on any atom is 0.374 e. The largest absolute Gasteiger partial charge is 0.439 e. The lowest BCUT2D eigenvalue weighted by Gasteiger charge is -2.18. The normalized spacial score (nSPS) is 14.7. The second kappa shape index (κ2) is 13.8. The van der Waals surface area contributed by atoms with Crippen molar-refractivity contribution in [3.63, 3.8) is 0 Å². The van der Waals surface area contributed by atoms with Crippen molar-refractivity contribution in [1.82, 2.24) is 0 Å². The van der Waals surface area contributed by atoms with Gasteiger partial charge >= 0.3 is 5.89 Å². The Morgan fingerprint density at radius 1 is 0.911 bits per heavy atom. The number of unbranched alkanes of at least 4 members (excludes halogenated alkanes) is 1. The van der Waals surface area contributed by atoms with E-state index in [0.717, 1.165) is 27.9 Å². The molecular formula is C32H34ClN2O8S2+. The molecule has 0 spiro atoms. The molecule has 1 aromatic heterocycles. The van der Waals surface area contributed by atoms with Crippen LogP contribution in [0.2, 0.25) is 5.02 Å². The molecule has 0 saturated heterocycles. The van der Waals surface area contributed by atoms with Crippen molar-refractivity contribution in [2.24, 2.45) is 0 Å². The summed E-state index contributed by atoms with van der Waals surface area (Å²) in [6, 6.07) is 21.0. The summed E-state index contributed by atoms with van der Waals surface area (Å²) in [5, 5.41) is 0.524.